The summed E-state index contributed by atoms with van der Waals surface area (Å²) >= 11 is 0. The minimum absolute atomic E-state index is 0.378. The molecule has 19 heavy (non-hydrogen) atoms. The van der Waals surface area contributed by atoms with E-state index in [2.05, 4.69) is 39.8 Å². The van der Waals surface area contributed by atoms with Gasteiger partial charge in [0.15, 0.2) is 0 Å². The van der Waals surface area contributed by atoms with E-state index in [0.717, 1.165) is 5.92 Å². The highest BCUT2D eigenvalue weighted by Crippen LogP contribution is 2.21. The van der Waals surface area contributed by atoms with Crippen LogP contribution in [0.15, 0.2) is 12.2 Å². The van der Waals surface area contributed by atoms with E-state index in [1.54, 1.807) is 0 Å². The Balaban J connectivity index is 3.64. The average molecular weight is 268 g/mol. The van der Waals surface area contributed by atoms with Gasteiger partial charge in [-0.25, -0.2) is 0 Å². The van der Waals surface area contributed by atoms with Crippen molar-refractivity contribution < 1.29 is 5.11 Å². The van der Waals surface area contributed by atoms with E-state index in [1.165, 1.54) is 51.4 Å². The summed E-state index contributed by atoms with van der Waals surface area (Å²) < 4.78 is 0. The summed E-state index contributed by atoms with van der Waals surface area (Å²) in [5.41, 5.74) is 0. The minimum atomic E-state index is 0.378. The fraction of sp³-hybridized carbons (Fsp3) is 0.889. The van der Waals surface area contributed by atoms with Crippen molar-refractivity contribution >= 4 is 0 Å². The van der Waals surface area contributed by atoms with Gasteiger partial charge in [0.25, 0.3) is 0 Å². The van der Waals surface area contributed by atoms with Gasteiger partial charge < -0.3 is 5.11 Å². The van der Waals surface area contributed by atoms with E-state index in [4.69, 9.17) is 0 Å². The Morgan fingerprint density at radius 1 is 0.947 bits per heavy atom. The first kappa shape index (κ1) is 18.7. The van der Waals surface area contributed by atoms with E-state index in [0.29, 0.717) is 18.4 Å². The van der Waals surface area contributed by atoms with E-state index in [1.807, 2.05) is 0 Å². The molecule has 0 saturated heterocycles. The van der Waals surface area contributed by atoms with Crippen molar-refractivity contribution in [2.75, 3.05) is 6.61 Å². The SMILES string of the molecule is CC=CC(C)CCCCC(CO)CCC(C)CCC. The van der Waals surface area contributed by atoms with Crippen LogP contribution in [-0.2, 0) is 0 Å². The highest BCUT2D eigenvalue weighted by molar-refractivity contribution is 4.82. The van der Waals surface area contributed by atoms with Crippen LogP contribution >= 0.6 is 0 Å². The molecule has 0 spiro atoms. The van der Waals surface area contributed by atoms with Crippen LogP contribution in [-0.4, -0.2) is 11.7 Å². The van der Waals surface area contributed by atoms with Gasteiger partial charge in [-0.3, -0.25) is 0 Å². The van der Waals surface area contributed by atoms with E-state index < -0.39 is 0 Å². The number of hydrogen-bond acceptors (Lipinski definition) is 1. The number of aliphatic hydroxyl groups is 1. The van der Waals surface area contributed by atoms with Crippen LogP contribution in [0.3, 0.4) is 0 Å². The Morgan fingerprint density at radius 3 is 2.21 bits per heavy atom. The molecule has 0 aliphatic rings. The molecule has 3 unspecified atom stereocenters. The van der Waals surface area contributed by atoms with Gasteiger partial charge in [0.2, 0.25) is 0 Å². The van der Waals surface area contributed by atoms with Crippen molar-refractivity contribution in [2.24, 2.45) is 17.8 Å². The molecular weight excluding hydrogens is 232 g/mol. The molecule has 0 fully saturated rings. The van der Waals surface area contributed by atoms with Crippen molar-refractivity contribution in [1.82, 2.24) is 0 Å². The lowest BCUT2D eigenvalue weighted by molar-refractivity contribution is 0.198. The van der Waals surface area contributed by atoms with Crippen LogP contribution in [0.5, 0.6) is 0 Å². The van der Waals surface area contributed by atoms with Crippen LogP contribution in [0, 0.1) is 17.8 Å². The van der Waals surface area contributed by atoms with Gasteiger partial charge in [-0.15, -0.1) is 0 Å². The highest BCUT2D eigenvalue weighted by Gasteiger charge is 2.10. The summed E-state index contributed by atoms with van der Waals surface area (Å²) in [4.78, 5) is 0. The fourth-order valence-electron chi connectivity index (χ4n) is 2.81. The van der Waals surface area contributed by atoms with Gasteiger partial charge >= 0.3 is 0 Å². The monoisotopic (exact) mass is 268 g/mol. The third-order valence-electron chi connectivity index (χ3n) is 4.15. The quantitative estimate of drug-likeness (QED) is 0.361. The summed E-state index contributed by atoms with van der Waals surface area (Å²) in [5, 5.41) is 9.45. The third kappa shape index (κ3) is 11.2. The molecule has 0 radical (unpaired) electrons. The molecule has 0 amide bonds. The molecule has 0 aliphatic heterocycles. The molecule has 0 heterocycles. The van der Waals surface area contributed by atoms with Crippen molar-refractivity contribution in [2.45, 2.75) is 79.1 Å². The Bertz CT molecular complexity index is 210. The van der Waals surface area contributed by atoms with E-state index in [-0.39, 0.29) is 0 Å². The molecule has 0 aromatic heterocycles. The topological polar surface area (TPSA) is 20.2 Å². The number of aliphatic hydroxyl groups excluding tert-OH is 1. The lowest BCUT2D eigenvalue weighted by Crippen LogP contribution is -2.08. The summed E-state index contributed by atoms with van der Waals surface area (Å²) in [6, 6.07) is 0. The molecule has 0 bridgehead atoms. The first-order chi connectivity index (χ1) is 9.13. The number of unbranched alkanes of at least 4 members (excludes halogenated alkanes) is 1. The van der Waals surface area contributed by atoms with Crippen LogP contribution in [0.25, 0.3) is 0 Å². The van der Waals surface area contributed by atoms with Gasteiger partial charge in [-0.2, -0.15) is 0 Å². The van der Waals surface area contributed by atoms with Gasteiger partial charge in [0.05, 0.1) is 0 Å². The lowest BCUT2D eigenvalue weighted by atomic mass is 9.90. The zero-order valence-electron chi connectivity index (χ0n) is 13.7. The number of rotatable bonds is 12. The van der Waals surface area contributed by atoms with Crippen molar-refractivity contribution in [3.63, 3.8) is 0 Å². The molecular formula is C18H36O. The number of hydrogen-bond donors (Lipinski definition) is 1. The van der Waals surface area contributed by atoms with Crippen LogP contribution in [0.2, 0.25) is 0 Å². The maximum Gasteiger partial charge on any atom is 0.0459 e. The Labute approximate surface area is 121 Å². The predicted octanol–water partition coefficient (Wildman–Crippen LogP) is 5.58. The zero-order chi connectivity index (χ0) is 14.5. The van der Waals surface area contributed by atoms with Crippen molar-refractivity contribution in [1.29, 1.82) is 0 Å². The largest absolute Gasteiger partial charge is 0.396 e. The molecule has 0 rings (SSSR count). The van der Waals surface area contributed by atoms with E-state index in [9.17, 15) is 5.11 Å². The minimum Gasteiger partial charge on any atom is -0.396 e. The summed E-state index contributed by atoms with van der Waals surface area (Å²) in [5.74, 6) is 2.08. The molecule has 0 saturated carbocycles. The molecule has 1 heteroatoms. The Hall–Kier alpha value is -0.300. The zero-order valence-corrected chi connectivity index (χ0v) is 13.7. The Morgan fingerprint density at radius 2 is 1.63 bits per heavy atom. The standard InChI is InChI=1S/C18H36O/c1-5-9-16(3)11-7-8-12-18(15-19)14-13-17(4)10-6-2/h5,9,16-19H,6-8,10-15H2,1-4H3. The molecule has 0 aliphatic carbocycles. The summed E-state index contributed by atoms with van der Waals surface area (Å²) in [6.07, 6.45) is 14.6. The van der Waals surface area contributed by atoms with Gasteiger partial charge in [-0.05, 0) is 43.9 Å². The van der Waals surface area contributed by atoms with Gasteiger partial charge in [-0.1, -0.05) is 65.0 Å². The second kappa shape index (κ2) is 12.7. The van der Waals surface area contributed by atoms with Gasteiger partial charge in [0, 0.05) is 6.61 Å². The predicted molar refractivity (Wildman–Crippen MR) is 86.3 cm³/mol. The van der Waals surface area contributed by atoms with E-state index >= 15 is 0 Å². The molecule has 1 N–H and O–H groups in total. The molecule has 114 valence electrons. The van der Waals surface area contributed by atoms with Crippen molar-refractivity contribution in [3.05, 3.63) is 12.2 Å². The van der Waals surface area contributed by atoms with Crippen LogP contribution in [0.4, 0.5) is 0 Å². The molecule has 0 aromatic rings. The molecule has 3 atom stereocenters. The highest BCUT2D eigenvalue weighted by atomic mass is 16.3. The summed E-state index contributed by atoms with van der Waals surface area (Å²) in [6.45, 7) is 9.36. The maximum atomic E-state index is 9.45. The Kier molecular flexibility index (Phi) is 12.5. The normalized spacial score (nSPS) is 16.7. The van der Waals surface area contributed by atoms with Crippen LogP contribution < -0.4 is 0 Å². The first-order valence-electron chi connectivity index (χ1n) is 8.37. The molecule has 0 aromatic carbocycles. The summed E-state index contributed by atoms with van der Waals surface area (Å²) in [7, 11) is 0. The average Bonchev–Trinajstić information content (AvgIpc) is 2.38. The van der Waals surface area contributed by atoms with Gasteiger partial charge in [0.1, 0.15) is 0 Å². The third-order valence-corrected chi connectivity index (χ3v) is 4.15. The number of allylic oxidation sites excluding steroid dienone is 2. The first-order valence-corrected chi connectivity index (χ1v) is 8.37. The molecule has 1 nitrogen and oxygen atoms in total. The smallest absolute Gasteiger partial charge is 0.0459 e. The second-order valence-electron chi connectivity index (χ2n) is 6.31. The maximum absolute atomic E-state index is 9.45. The second-order valence-corrected chi connectivity index (χ2v) is 6.31. The lowest BCUT2D eigenvalue weighted by Gasteiger charge is -2.17. The van der Waals surface area contributed by atoms with Crippen molar-refractivity contribution in [3.8, 4) is 0 Å². The van der Waals surface area contributed by atoms with Crippen LogP contribution in [0.1, 0.15) is 79.1 Å². The fourth-order valence-corrected chi connectivity index (χ4v) is 2.81.